The molecule has 4 heteroatoms. The second-order valence-electron chi connectivity index (χ2n) is 3.49. The summed E-state index contributed by atoms with van der Waals surface area (Å²) in [6.45, 7) is 4.88. The minimum atomic E-state index is 0.648. The van der Waals surface area contributed by atoms with Crippen LogP contribution in [0.15, 0.2) is 22.7 Å². The van der Waals surface area contributed by atoms with Gasteiger partial charge in [0.25, 0.3) is 0 Å². The molecule has 0 aromatic heterocycles. The van der Waals surface area contributed by atoms with Crippen LogP contribution in [0.4, 0.5) is 5.69 Å². The summed E-state index contributed by atoms with van der Waals surface area (Å²) in [6, 6.07) is 6.19. The number of benzene rings is 1. The molecule has 0 unspecified atom stereocenters. The van der Waals surface area contributed by atoms with Crippen LogP contribution >= 0.6 is 15.9 Å². The van der Waals surface area contributed by atoms with Gasteiger partial charge in [0.1, 0.15) is 0 Å². The molecule has 1 N–H and O–H groups in total. The minimum Gasteiger partial charge on any atom is -0.382 e. The maximum Gasteiger partial charge on any atom is 0.0701 e. The maximum atomic E-state index is 5.37. The lowest BCUT2D eigenvalue weighted by Gasteiger charge is -2.10. The standard InChI is InChI=1S/C12H18BrNO2/c1-10-3-4-11(13)9-12(10)14-5-6-16-8-7-15-2/h3-4,9,14H,5-8H2,1-2H3. The van der Waals surface area contributed by atoms with Gasteiger partial charge in [-0.25, -0.2) is 0 Å². The molecule has 0 saturated heterocycles. The number of hydrogen-bond acceptors (Lipinski definition) is 3. The van der Waals surface area contributed by atoms with Crippen LogP contribution in [0.3, 0.4) is 0 Å². The van der Waals surface area contributed by atoms with E-state index in [2.05, 4.69) is 40.3 Å². The van der Waals surface area contributed by atoms with Gasteiger partial charge < -0.3 is 14.8 Å². The van der Waals surface area contributed by atoms with Crippen LogP contribution in [-0.2, 0) is 9.47 Å². The largest absolute Gasteiger partial charge is 0.382 e. The van der Waals surface area contributed by atoms with Crippen LogP contribution in [0.1, 0.15) is 5.56 Å². The van der Waals surface area contributed by atoms with Gasteiger partial charge in [-0.2, -0.15) is 0 Å². The molecule has 90 valence electrons. The predicted octanol–water partition coefficient (Wildman–Crippen LogP) is 2.83. The van der Waals surface area contributed by atoms with E-state index in [9.17, 15) is 0 Å². The summed E-state index contributed by atoms with van der Waals surface area (Å²) in [5.41, 5.74) is 2.38. The van der Waals surface area contributed by atoms with Crippen LogP contribution < -0.4 is 5.32 Å². The van der Waals surface area contributed by atoms with Gasteiger partial charge in [-0.05, 0) is 24.6 Å². The number of aryl methyl sites for hydroxylation is 1. The van der Waals surface area contributed by atoms with Crippen molar-refractivity contribution in [1.82, 2.24) is 0 Å². The number of rotatable bonds is 7. The van der Waals surface area contributed by atoms with Crippen LogP contribution in [0.25, 0.3) is 0 Å². The fourth-order valence-electron chi connectivity index (χ4n) is 1.29. The molecule has 1 rings (SSSR count). The summed E-state index contributed by atoms with van der Waals surface area (Å²) in [7, 11) is 1.67. The summed E-state index contributed by atoms with van der Waals surface area (Å²) < 4.78 is 11.3. The van der Waals surface area contributed by atoms with Crippen LogP contribution in [-0.4, -0.2) is 33.5 Å². The fourth-order valence-corrected chi connectivity index (χ4v) is 1.65. The van der Waals surface area contributed by atoms with Gasteiger partial charge in [0.2, 0.25) is 0 Å². The Bertz CT molecular complexity index is 318. The lowest BCUT2D eigenvalue weighted by Crippen LogP contribution is -2.12. The third-order valence-electron chi connectivity index (χ3n) is 2.19. The van der Waals surface area contributed by atoms with Gasteiger partial charge in [0.05, 0.1) is 19.8 Å². The van der Waals surface area contributed by atoms with Crippen molar-refractivity contribution in [2.75, 3.05) is 38.8 Å². The quantitative estimate of drug-likeness (QED) is 0.783. The topological polar surface area (TPSA) is 30.5 Å². The molecule has 0 amide bonds. The molecule has 0 atom stereocenters. The fraction of sp³-hybridized carbons (Fsp3) is 0.500. The van der Waals surface area contributed by atoms with Gasteiger partial charge in [0, 0.05) is 23.8 Å². The first kappa shape index (κ1) is 13.5. The molecule has 0 aliphatic heterocycles. The van der Waals surface area contributed by atoms with Crippen molar-refractivity contribution < 1.29 is 9.47 Å². The molecule has 0 aliphatic carbocycles. The Hall–Kier alpha value is -0.580. The number of nitrogens with one attached hydrogen (secondary N) is 1. The highest BCUT2D eigenvalue weighted by Crippen LogP contribution is 2.20. The van der Waals surface area contributed by atoms with Crippen molar-refractivity contribution in [1.29, 1.82) is 0 Å². The van der Waals surface area contributed by atoms with Crippen LogP contribution in [0.2, 0.25) is 0 Å². The summed E-state index contributed by atoms with van der Waals surface area (Å²) in [5, 5.41) is 3.33. The van der Waals surface area contributed by atoms with E-state index in [1.54, 1.807) is 7.11 Å². The average molecular weight is 288 g/mol. The van der Waals surface area contributed by atoms with E-state index in [4.69, 9.17) is 9.47 Å². The Labute approximate surface area is 105 Å². The Morgan fingerprint density at radius 2 is 2.06 bits per heavy atom. The highest BCUT2D eigenvalue weighted by atomic mass is 79.9. The van der Waals surface area contributed by atoms with E-state index < -0.39 is 0 Å². The van der Waals surface area contributed by atoms with Crippen molar-refractivity contribution in [2.24, 2.45) is 0 Å². The number of halogens is 1. The first-order chi connectivity index (χ1) is 7.74. The highest BCUT2D eigenvalue weighted by Gasteiger charge is 1.98. The predicted molar refractivity (Wildman–Crippen MR) is 70.1 cm³/mol. The number of anilines is 1. The van der Waals surface area contributed by atoms with Crippen LogP contribution in [0, 0.1) is 6.92 Å². The van der Waals surface area contributed by atoms with E-state index in [1.807, 2.05) is 6.07 Å². The van der Waals surface area contributed by atoms with Crippen molar-refractivity contribution >= 4 is 21.6 Å². The van der Waals surface area contributed by atoms with Gasteiger partial charge >= 0.3 is 0 Å². The summed E-state index contributed by atoms with van der Waals surface area (Å²) >= 11 is 3.45. The first-order valence-corrected chi connectivity index (χ1v) is 6.10. The van der Waals surface area contributed by atoms with E-state index in [1.165, 1.54) is 5.56 Å². The van der Waals surface area contributed by atoms with Gasteiger partial charge in [-0.3, -0.25) is 0 Å². The molecule has 1 aromatic rings. The molecule has 0 aliphatic rings. The smallest absolute Gasteiger partial charge is 0.0701 e. The lowest BCUT2D eigenvalue weighted by molar-refractivity contribution is 0.0759. The summed E-state index contributed by atoms with van der Waals surface area (Å²) in [5.74, 6) is 0. The Balaban J connectivity index is 2.23. The van der Waals surface area contributed by atoms with E-state index in [-0.39, 0.29) is 0 Å². The Morgan fingerprint density at radius 1 is 1.25 bits per heavy atom. The molecule has 0 heterocycles. The van der Waals surface area contributed by atoms with Crippen molar-refractivity contribution in [2.45, 2.75) is 6.92 Å². The molecule has 0 fully saturated rings. The first-order valence-electron chi connectivity index (χ1n) is 5.30. The second-order valence-corrected chi connectivity index (χ2v) is 4.41. The van der Waals surface area contributed by atoms with Crippen LogP contribution in [0.5, 0.6) is 0 Å². The van der Waals surface area contributed by atoms with E-state index in [0.29, 0.717) is 19.8 Å². The molecule has 0 saturated carbocycles. The SMILES string of the molecule is COCCOCCNc1cc(Br)ccc1C. The maximum absolute atomic E-state index is 5.37. The van der Waals surface area contributed by atoms with Gasteiger partial charge in [0.15, 0.2) is 0 Å². The molecular formula is C12H18BrNO2. The van der Waals surface area contributed by atoms with E-state index in [0.717, 1.165) is 16.7 Å². The normalized spacial score (nSPS) is 10.4. The van der Waals surface area contributed by atoms with Gasteiger partial charge in [-0.1, -0.05) is 22.0 Å². The zero-order valence-electron chi connectivity index (χ0n) is 9.75. The Morgan fingerprint density at radius 3 is 2.81 bits per heavy atom. The zero-order chi connectivity index (χ0) is 11.8. The molecular weight excluding hydrogens is 270 g/mol. The molecule has 0 spiro atoms. The zero-order valence-corrected chi connectivity index (χ0v) is 11.3. The van der Waals surface area contributed by atoms with Crippen molar-refractivity contribution in [3.8, 4) is 0 Å². The van der Waals surface area contributed by atoms with Crippen molar-refractivity contribution in [3.05, 3.63) is 28.2 Å². The summed E-state index contributed by atoms with van der Waals surface area (Å²) in [4.78, 5) is 0. The minimum absolute atomic E-state index is 0.648. The third kappa shape index (κ3) is 4.96. The number of methoxy groups -OCH3 is 1. The Kier molecular flexibility index (Phi) is 6.45. The average Bonchev–Trinajstić information content (AvgIpc) is 2.28. The second kappa shape index (κ2) is 7.65. The number of ether oxygens (including phenoxy) is 2. The monoisotopic (exact) mass is 287 g/mol. The molecule has 16 heavy (non-hydrogen) atoms. The molecule has 3 nitrogen and oxygen atoms in total. The molecule has 0 bridgehead atoms. The summed E-state index contributed by atoms with van der Waals surface area (Å²) in [6.07, 6.45) is 0. The van der Waals surface area contributed by atoms with E-state index >= 15 is 0 Å². The number of hydrogen-bond donors (Lipinski definition) is 1. The molecule has 1 aromatic carbocycles. The molecule has 0 radical (unpaired) electrons. The highest BCUT2D eigenvalue weighted by molar-refractivity contribution is 9.10. The van der Waals surface area contributed by atoms with Crippen molar-refractivity contribution in [3.63, 3.8) is 0 Å². The third-order valence-corrected chi connectivity index (χ3v) is 2.69. The lowest BCUT2D eigenvalue weighted by atomic mass is 10.2. The van der Waals surface area contributed by atoms with Gasteiger partial charge in [-0.15, -0.1) is 0 Å².